The fourth-order valence-corrected chi connectivity index (χ4v) is 2.23. The molecule has 0 saturated heterocycles. The zero-order chi connectivity index (χ0) is 13.7. The first-order chi connectivity index (χ1) is 9.20. The van der Waals surface area contributed by atoms with Gasteiger partial charge in [0, 0.05) is 18.5 Å². The first-order valence-electron chi connectivity index (χ1n) is 6.34. The molecule has 0 aromatic heterocycles. The van der Waals surface area contributed by atoms with Crippen molar-refractivity contribution in [1.29, 1.82) is 0 Å². The molecular formula is C16H17F2N. The third-order valence-corrected chi connectivity index (χ3v) is 3.20. The molecule has 1 atom stereocenters. The number of rotatable bonds is 5. The molecule has 0 amide bonds. The van der Waals surface area contributed by atoms with Gasteiger partial charge in [-0.15, -0.1) is 0 Å². The second-order valence-electron chi connectivity index (χ2n) is 4.61. The van der Waals surface area contributed by atoms with Crippen LogP contribution >= 0.6 is 0 Å². The summed E-state index contributed by atoms with van der Waals surface area (Å²) in [5.41, 5.74) is 1.70. The minimum atomic E-state index is -0.536. The molecule has 0 aliphatic carbocycles. The molecule has 3 heteroatoms. The van der Waals surface area contributed by atoms with Crippen LogP contribution in [-0.2, 0) is 6.42 Å². The number of nitrogens with one attached hydrogen (secondary N) is 1. The predicted octanol–water partition coefficient (Wildman–Crippen LogP) is 3.51. The minimum Gasteiger partial charge on any atom is -0.319 e. The van der Waals surface area contributed by atoms with Crippen LogP contribution in [0.3, 0.4) is 0 Å². The molecule has 2 aromatic carbocycles. The van der Waals surface area contributed by atoms with E-state index >= 15 is 0 Å². The SMILES string of the molecule is CNCC(Cc1ccc(F)cc1F)c1ccccc1. The van der Waals surface area contributed by atoms with Crippen LogP contribution in [0.5, 0.6) is 0 Å². The van der Waals surface area contributed by atoms with Gasteiger partial charge in [0.15, 0.2) is 0 Å². The number of likely N-dealkylation sites (N-methyl/N-ethyl adjacent to an activating group) is 1. The Balaban J connectivity index is 2.21. The van der Waals surface area contributed by atoms with Crippen LogP contribution in [0.15, 0.2) is 48.5 Å². The second-order valence-corrected chi connectivity index (χ2v) is 4.61. The molecule has 2 aromatic rings. The monoisotopic (exact) mass is 261 g/mol. The number of benzene rings is 2. The van der Waals surface area contributed by atoms with E-state index in [-0.39, 0.29) is 5.92 Å². The van der Waals surface area contributed by atoms with Crippen LogP contribution in [0.1, 0.15) is 17.0 Å². The average molecular weight is 261 g/mol. The van der Waals surface area contributed by atoms with E-state index in [9.17, 15) is 8.78 Å². The van der Waals surface area contributed by atoms with E-state index in [1.165, 1.54) is 12.1 Å². The van der Waals surface area contributed by atoms with Crippen molar-refractivity contribution >= 4 is 0 Å². The van der Waals surface area contributed by atoms with Gasteiger partial charge in [-0.1, -0.05) is 36.4 Å². The maximum Gasteiger partial charge on any atom is 0.129 e. The summed E-state index contributed by atoms with van der Waals surface area (Å²) in [5, 5.41) is 3.12. The smallest absolute Gasteiger partial charge is 0.129 e. The summed E-state index contributed by atoms with van der Waals surface area (Å²) in [4.78, 5) is 0. The molecule has 0 aliphatic heterocycles. The van der Waals surface area contributed by atoms with Crippen LogP contribution in [0.25, 0.3) is 0 Å². The van der Waals surface area contributed by atoms with Gasteiger partial charge in [0.2, 0.25) is 0 Å². The molecular weight excluding hydrogens is 244 g/mol. The highest BCUT2D eigenvalue weighted by Crippen LogP contribution is 2.22. The summed E-state index contributed by atoms with van der Waals surface area (Å²) in [6.45, 7) is 0.751. The molecule has 0 spiro atoms. The van der Waals surface area contributed by atoms with Crippen molar-refractivity contribution in [3.05, 3.63) is 71.3 Å². The summed E-state index contributed by atoms with van der Waals surface area (Å²) < 4.78 is 26.6. The Bertz CT molecular complexity index is 526. The number of halogens is 2. The quantitative estimate of drug-likeness (QED) is 0.868. The molecule has 0 aliphatic rings. The Morgan fingerprint density at radius 2 is 1.79 bits per heavy atom. The topological polar surface area (TPSA) is 12.0 Å². The lowest BCUT2D eigenvalue weighted by Gasteiger charge is -2.17. The fourth-order valence-electron chi connectivity index (χ4n) is 2.23. The minimum absolute atomic E-state index is 0.172. The maximum atomic E-state index is 13.7. The highest BCUT2D eigenvalue weighted by molar-refractivity contribution is 5.26. The van der Waals surface area contributed by atoms with Gasteiger partial charge in [-0.3, -0.25) is 0 Å². The molecule has 1 unspecified atom stereocenters. The highest BCUT2D eigenvalue weighted by atomic mass is 19.1. The van der Waals surface area contributed by atoms with Crippen molar-refractivity contribution in [2.45, 2.75) is 12.3 Å². The summed E-state index contributed by atoms with van der Waals surface area (Å²) >= 11 is 0. The van der Waals surface area contributed by atoms with Crippen molar-refractivity contribution in [3.63, 3.8) is 0 Å². The van der Waals surface area contributed by atoms with Gasteiger partial charge >= 0.3 is 0 Å². The molecule has 0 bridgehead atoms. The van der Waals surface area contributed by atoms with Crippen LogP contribution in [0.2, 0.25) is 0 Å². The lowest BCUT2D eigenvalue weighted by atomic mass is 9.91. The van der Waals surface area contributed by atoms with Crippen LogP contribution in [0, 0.1) is 11.6 Å². The van der Waals surface area contributed by atoms with E-state index in [1.54, 1.807) is 0 Å². The van der Waals surface area contributed by atoms with E-state index in [4.69, 9.17) is 0 Å². The Labute approximate surface area is 112 Å². The van der Waals surface area contributed by atoms with E-state index in [0.717, 1.165) is 18.2 Å². The highest BCUT2D eigenvalue weighted by Gasteiger charge is 2.14. The normalized spacial score (nSPS) is 12.4. The van der Waals surface area contributed by atoms with E-state index in [2.05, 4.69) is 5.32 Å². The van der Waals surface area contributed by atoms with Gasteiger partial charge in [-0.25, -0.2) is 8.78 Å². The molecule has 0 radical (unpaired) electrons. The van der Waals surface area contributed by atoms with Crippen LogP contribution < -0.4 is 5.32 Å². The van der Waals surface area contributed by atoms with Crippen molar-refractivity contribution in [2.75, 3.05) is 13.6 Å². The van der Waals surface area contributed by atoms with Crippen molar-refractivity contribution < 1.29 is 8.78 Å². The first-order valence-corrected chi connectivity index (χ1v) is 6.34. The van der Waals surface area contributed by atoms with Gasteiger partial charge < -0.3 is 5.32 Å². The molecule has 0 fully saturated rings. The molecule has 19 heavy (non-hydrogen) atoms. The lowest BCUT2D eigenvalue weighted by Crippen LogP contribution is -2.19. The summed E-state index contributed by atoms with van der Waals surface area (Å²) in [6.07, 6.45) is 0.553. The standard InChI is InChI=1S/C16H17F2N/c1-19-11-14(12-5-3-2-4-6-12)9-13-7-8-15(17)10-16(13)18/h2-8,10,14,19H,9,11H2,1H3. The van der Waals surface area contributed by atoms with E-state index in [0.29, 0.717) is 12.0 Å². The van der Waals surface area contributed by atoms with Gasteiger partial charge in [0.05, 0.1) is 0 Å². The number of hydrogen-bond donors (Lipinski definition) is 1. The molecule has 0 heterocycles. The zero-order valence-corrected chi connectivity index (χ0v) is 10.9. The first kappa shape index (κ1) is 13.7. The average Bonchev–Trinajstić information content (AvgIpc) is 2.42. The second kappa shape index (κ2) is 6.43. The van der Waals surface area contributed by atoms with Crippen molar-refractivity contribution in [1.82, 2.24) is 5.32 Å². The molecule has 100 valence electrons. The lowest BCUT2D eigenvalue weighted by molar-refractivity contribution is 0.554. The summed E-state index contributed by atoms with van der Waals surface area (Å²) in [6, 6.07) is 13.7. The maximum absolute atomic E-state index is 13.7. The fraction of sp³-hybridized carbons (Fsp3) is 0.250. The Morgan fingerprint density at radius 3 is 2.42 bits per heavy atom. The van der Waals surface area contributed by atoms with Crippen LogP contribution in [-0.4, -0.2) is 13.6 Å². The van der Waals surface area contributed by atoms with Crippen molar-refractivity contribution in [3.8, 4) is 0 Å². The molecule has 1 nitrogen and oxygen atoms in total. The summed E-state index contributed by atoms with van der Waals surface area (Å²) in [7, 11) is 1.87. The van der Waals surface area contributed by atoms with Gasteiger partial charge in [-0.05, 0) is 30.7 Å². The van der Waals surface area contributed by atoms with E-state index in [1.807, 2.05) is 37.4 Å². The van der Waals surface area contributed by atoms with Crippen molar-refractivity contribution in [2.24, 2.45) is 0 Å². The molecule has 1 N–H and O–H groups in total. The van der Waals surface area contributed by atoms with Gasteiger partial charge in [0.1, 0.15) is 11.6 Å². The Hall–Kier alpha value is -1.74. The summed E-state index contributed by atoms with van der Waals surface area (Å²) in [5.74, 6) is -0.839. The van der Waals surface area contributed by atoms with Crippen LogP contribution in [0.4, 0.5) is 8.78 Å². The van der Waals surface area contributed by atoms with E-state index < -0.39 is 11.6 Å². The van der Waals surface area contributed by atoms with Gasteiger partial charge in [0.25, 0.3) is 0 Å². The largest absolute Gasteiger partial charge is 0.319 e. The zero-order valence-electron chi connectivity index (χ0n) is 10.9. The third kappa shape index (κ3) is 3.61. The van der Waals surface area contributed by atoms with Gasteiger partial charge in [-0.2, -0.15) is 0 Å². The molecule has 0 saturated carbocycles. The molecule has 2 rings (SSSR count). The number of hydrogen-bond acceptors (Lipinski definition) is 1. The Kier molecular flexibility index (Phi) is 4.63. The Morgan fingerprint density at radius 1 is 1.05 bits per heavy atom. The predicted molar refractivity (Wildman–Crippen MR) is 73.2 cm³/mol. The third-order valence-electron chi connectivity index (χ3n) is 3.20.